The molecule has 6 rings (SSSR count). The summed E-state index contributed by atoms with van der Waals surface area (Å²) < 4.78 is 77.4. The summed E-state index contributed by atoms with van der Waals surface area (Å²) in [7, 11) is 0. The fraction of sp³-hybridized carbons (Fsp3) is 0.727. The zero-order valence-electron chi connectivity index (χ0n) is 32.2. The van der Waals surface area contributed by atoms with Gasteiger partial charge in [0.1, 0.15) is 0 Å². The molecule has 0 spiro atoms. The first-order valence-corrected chi connectivity index (χ1v) is 20.6. The Morgan fingerprint density at radius 1 is 0.404 bits per heavy atom. The normalized spacial score (nSPS) is 29.4. The van der Waals surface area contributed by atoms with Gasteiger partial charge < -0.3 is 18.9 Å². The summed E-state index contributed by atoms with van der Waals surface area (Å²) in [6, 6.07) is 5.83. The highest BCUT2D eigenvalue weighted by atomic mass is 19.2. The van der Waals surface area contributed by atoms with Gasteiger partial charge in [-0.25, -0.2) is 0 Å². The zero-order valence-corrected chi connectivity index (χ0v) is 32.2. The molecule has 0 radical (unpaired) electrons. The number of halogens is 4. The van der Waals surface area contributed by atoms with E-state index in [-0.39, 0.29) is 23.0 Å². The van der Waals surface area contributed by atoms with Crippen molar-refractivity contribution in [1.82, 2.24) is 0 Å². The standard InChI is InChI=1S/2C22H32F2O2/c2*1-3-25-19-12-13-20(22(24)21(19)23)26-14-16-6-10-18(11-7-16)17-8-4-15(2)5-9-17/h2*12-13,15-18H,3-11,14H2,1-2H3. The van der Waals surface area contributed by atoms with E-state index in [0.717, 1.165) is 61.2 Å². The van der Waals surface area contributed by atoms with Crippen LogP contribution in [-0.2, 0) is 0 Å². The van der Waals surface area contributed by atoms with Crippen LogP contribution in [0.5, 0.6) is 23.0 Å². The molecule has 0 saturated heterocycles. The summed E-state index contributed by atoms with van der Waals surface area (Å²) in [5, 5.41) is 0. The maximum atomic E-state index is 14.1. The summed E-state index contributed by atoms with van der Waals surface area (Å²) in [5.41, 5.74) is 0. The van der Waals surface area contributed by atoms with Gasteiger partial charge in [0.05, 0.1) is 26.4 Å². The molecule has 0 heterocycles. The predicted octanol–water partition coefficient (Wildman–Crippen LogP) is 12.7. The van der Waals surface area contributed by atoms with Gasteiger partial charge in [0, 0.05) is 0 Å². The van der Waals surface area contributed by atoms with E-state index in [1.807, 2.05) is 0 Å². The Bertz CT molecular complexity index is 1250. The van der Waals surface area contributed by atoms with Crippen LogP contribution < -0.4 is 18.9 Å². The molecule has 4 aliphatic carbocycles. The highest BCUT2D eigenvalue weighted by molar-refractivity contribution is 5.36. The third-order valence-corrected chi connectivity index (χ3v) is 12.8. The van der Waals surface area contributed by atoms with E-state index in [0.29, 0.717) is 38.3 Å². The van der Waals surface area contributed by atoms with Crippen LogP contribution in [0.4, 0.5) is 17.6 Å². The van der Waals surface area contributed by atoms with Crippen LogP contribution in [0, 0.1) is 70.6 Å². The molecule has 4 fully saturated rings. The van der Waals surface area contributed by atoms with Gasteiger partial charge in [0.2, 0.25) is 23.3 Å². The second kappa shape index (κ2) is 20.2. The minimum Gasteiger partial charge on any atom is -0.491 e. The molecule has 2 aromatic carbocycles. The summed E-state index contributed by atoms with van der Waals surface area (Å²) in [5.74, 6) is 2.31. The van der Waals surface area contributed by atoms with Crippen molar-refractivity contribution in [3.8, 4) is 23.0 Å². The molecule has 4 saturated carbocycles. The topological polar surface area (TPSA) is 36.9 Å². The number of hydrogen-bond donors (Lipinski definition) is 0. The van der Waals surface area contributed by atoms with Gasteiger partial charge in [-0.2, -0.15) is 17.6 Å². The van der Waals surface area contributed by atoms with E-state index in [1.165, 1.54) is 101 Å². The van der Waals surface area contributed by atoms with Gasteiger partial charge in [0.25, 0.3) is 0 Å². The first-order valence-electron chi connectivity index (χ1n) is 20.6. The van der Waals surface area contributed by atoms with E-state index >= 15 is 0 Å². The third kappa shape index (κ3) is 11.2. The SMILES string of the molecule is CCOc1ccc(OCC2CCC(C3CCC(C)CC3)CC2)c(F)c1F.CCOc1ccc(OCC2CCC(C3CCC(C)CC3)CC2)c(F)c1F. The Balaban J connectivity index is 0.000000201. The van der Waals surface area contributed by atoms with Gasteiger partial charge in [0.15, 0.2) is 23.0 Å². The molecule has 0 aromatic heterocycles. The lowest BCUT2D eigenvalue weighted by Crippen LogP contribution is -2.27. The van der Waals surface area contributed by atoms with Crippen molar-refractivity contribution in [3.63, 3.8) is 0 Å². The van der Waals surface area contributed by atoms with Crippen molar-refractivity contribution in [2.75, 3.05) is 26.4 Å². The molecular weight excluding hydrogens is 668 g/mol. The average Bonchev–Trinajstić information content (AvgIpc) is 3.16. The van der Waals surface area contributed by atoms with E-state index in [9.17, 15) is 17.6 Å². The molecule has 0 amide bonds. The number of hydrogen-bond acceptors (Lipinski definition) is 4. The second-order valence-corrected chi connectivity index (χ2v) is 16.5. The Labute approximate surface area is 310 Å². The fourth-order valence-electron chi connectivity index (χ4n) is 9.37. The molecule has 0 N–H and O–H groups in total. The van der Waals surface area contributed by atoms with Crippen LogP contribution in [0.15, 0.2) is 24.3 Å². The molecule has 2 aromatic rings. The van der Waals surface area contributed by atoms with E-state index in [1.54, 1.807) is 13.8 Å². The summed E-state index contributed by atoms with van der Waals surface area (Å²) >= 11 is 0. The van der Waals surface area contributed by atoms with Crippen LogP contribution in [0.25, 0.3) is 0 Å². The summed E-state index contributed by atoms with van der Waals surface area (Å²) in [6.07, 6.45) is 20.7. The van der Waals surface area contributed by atoms with Crippen LogP contribution in [-0.4, -0.2) is 26.4 Å². The molecule has 0 aliphatic heterocycles. The van der Waals surface area contributed by atoms with Crippen molar-refractivity contribution in [2.45, 2.75) is 130 Å². The van der Waals surface area contributed by atoms with Crippen LogP contribution >= 0.6 is 0 Å². The van der Waals surface area contributed by atoms with E-state index in [2.05, 4.69) is 13.8 Å². The second-order valence-electron chi connectivity index (χ2n) is 16.5. The Morgan fingerprint density at radius 3 is 0.923 bits per heavy atom. The molecule has 0 bridgehead atoms. The van der Waals surface area contributed by atoms with E-state index < -0.39 is 23.3 Å². The number of ether oxygens (including phenoxy) is 4. The van der Waals surface area contributed by atoms with Crippen molar-refractivity contribution in [2.24, 2.45) is 47.3 Å². The third-order valence-electron chi connectivity index (χ3n) is 12.8. The molecule has 4 aliphatic rings. The smallest absolute Gasteiger partial charge is 0.204 e. The molecule has 4 nitrogen and oxygen atoms in total. The van der Waals surface area contributed by atoms with Gasteiger partial charge in [-0.05, 0) is 163 Å². The predicted molar refractivity (Wildman–Crippen MR) is 199 cm³/mol. The first kappa shape index (κ1) is 40.5. The molecular formula is C44H64F4O4. The first-order chi connectivity index (χ1) is 25.2. The van der Waals surface area contributed by atoms with Crippen molar-refractivity contribution >= 4 is 0 Å². The molecule has 0 atom stereocenters. The van der Waals surface area contributed by atoms with Gasteiger partial charge in [-0.15, -0.1) is 0 Å². The van der Waals surface area contributed by atoms with Crippen LogP contribution in [0.3, 0.4) is 0 Å². The molecule has 0 unspecified atom stereocenters. The molecule has 8 heteroatoms. The lowest BCUT2D eigenvalue weighted by molar-refractivity contribution is 0.124. The monoisotopic (exact) mass is 732 g/mol. The maximum absolute atomic E-state index is 14.1. The van der Waals surface area contributed by atoms with Crippen molar-refractivity contribution in [1.29, 1.82) is 0 Å². The maximum Gasteiger partial charge on any atom is 0.204 e. The fourth-order valence-corrected chi connectivity index (χ4v) is 9.37. The van der Waals surface area contributed by atoms with Crippen LogP contribution in [0.2, 0.25) is 0 Å². The minimum atomic E-state index is -0.959. The average molecular weight is 733 g/mol. The number of benzene rings is 2. The van der Waals surface area contributed by atoms with E-state index in [4.69, 9.17) is 18.9 Å². The number of rotatable bonds is 12. The quantitative estimate of drug-likeness (QED) is 0.204. The minimum absolute atomic E-state index is 0.00524. The Kier molecular flexibility index (Phi) is 15.7. The highest BCUT2D eigenvalue weighted by Gasteiger charge is 2.32. The van der Waals surface area contributed by atoms with Gasteiger partial charge in [-0.3, -0.25) is 0 Å². The largest absolute Gasteiger partial charge is 0.491 e. The van der Waals surface area contributed by atoms with Gasteiger partial charge >= 0.3 is 0 Å². The Hall–Kier alpha value is -2.64. The zero-order chi connectivity index (χ0) is 37.0. The lowest BCUT2D eigenvalue weighted by atomic mass is 9.69. The van der Waals surface area contributed by atoms with Gasteiger partial charge in [-0.1, -0.05) is 39.5 Å². The molecule has 292 valence electrons. The highest BCUT2D eigenvalue weighted by Crippen LogP contribution is 2.43. The Morgan fingerprint density at radius 2 is 0.654 bits per heavy atom. The summed E-state index contributed by atoms with van der Waals surface area (Å²) in [6.45, 7) is 9.77. The summed E-state index contributed by atoms with van der Waals surface area (Å²) in [4.78, 5) is 0. The van der Waals surface area contributed by atoms with Crippen molar-refractivity contribution < 1.29 is 36.5 Å². The van der Waals surface area contributed by atoms with Crippen molar-refractivity contribution in [3.05, 3.63) is 47.5 Å². The van der Waals surface area contributed by atoms with Crippen LogP contribution in [0.1, 0.15) is 130 Å². The lowest BCUT2D eigenvalue weighted by Gasteiger charge is -2.37. The molecule has 52 heavy (non-hydrogen) atoms.